The molecule has 2 aliphatic carbocycles. The van der Waals surface area contributed by atoms with Crippen LogP contribution in [0.5, 0.6) is 0 Å². The number of esters is 1. The Morgan fingerprint density at radius 1 is 0.875 bits per heavy atom. The third-order valence-electron chi connectivity index (χ3n) is 6.76. The fraction of sp³-hybridized carbons (Fsp3) is 0.333. The number of carbonyl (C=O) groups excluding carboxylic acids is 4. The number of imide groups is 1. The van der Waals surface area contributed by atoms with E-state index in [9.17, 15) is 19.2 Å². The van der Waals surface area contributed by atoms with Crippen LogP contribution in [0.2, 0.25) is 0 Å². The molecule has 5 rings (SSSR count). The Balaban J connectivity index is 1.32. The van der Waals surface area contributed by atoms with Crippen molar-refractivity contribution in [3.63, 3.8) is 0 Å². The minimum absolute atomic E-state index is 0.118. The van der Waals surface area contributed by atoms with E-state index in [1.807, 2.05) is 0 Å². The quantitative estimate of drug-likeness (QED) is 0.239. The maximum absolute atomic E-state index is 13.2. The molecular formula is C24H19Br2NO5. The van der Waals surface area contributed by atoms with E-state index in [-0.39, 0.29) is 63.1 Å². The SMILES string of the molecule is O=C(COC(=O)c1cccc(N2C(=O)[C@@H]3[C@H]4C[C@H]([C@H](Br)[C@@H]4Br)[C@@H]3C2=O)c1)c1ccccc1. The van der Waals surface area contributed by atoms with Crippen LogP contribution in [0.1, 0.15) is 27.1 Å². The Morgan fingerprint density at radius 2 is 1.47 bits per heavy atom. The monoisotopic (exact) mass is 559 g/mol. The van der Waals surface area contributed by atoms with Gasteiger partial charge in [-0.1, -0.05) is 68.3 Å². The highest BCUT2D eigenvalue weighted by Gasteiger charge is 2.66. The molecule has 3 aliphatic rings. The van der Waals surface area contributed by atoms with Crippen molar-refractivity contribution in [2.24, 2.45) is 23.7 Å². The maximum atomic E-state index is 13.2. The van der Waals surface area contributed by atoms with Gasteiger partial charge in [0.05, 0.1) is 23.1 Å². The first-order valence-electron chi connectivity index (χ1n) is 10.4. The first-order chi connectivity index (χ1) is 15.4. The van der Waals surface area contributed by atoms with Gasteiger partial charge in [0.15, 0.2) is 12.4 Å². The van der Waals surface area contributed by atoms with Crippen LogP contribution in [-0.2, 0) is 14.3 Å². The van der Waals surface area contributed by atoms with Gasteiger partial charge in [-0.2, -0.15) is 0 Å². The van der Waals surface area contributed by atoms with Crippen molar-refractivity contribution in [1.29, 1.82) is 0 Å². The number of ketones is 1. The summed E-state index contributed by atoms with van der Waals surface area (Å²) in [5.41, 5.74) is 0.995. The molecule has 2 bridgehead atoms. The zero-order valence-corrected chi connectivity index (χ0v) is 20.0. The summed E-state index contributed by atoms with van der Waals surface area (Å²) in [5.74, 6) is -1.83. The molecule has 6 atom stereocenters. The van der Waals surface area contributed by atoms with Gasteiger partial charge in [0.2, 0.25) is 11.8 Å². The first kappa shape index (κ1) is 21.5. The van der Waals surface area contributed by atoms with Crippen LogP contribution in [-0.4, -0.2) is 39.8 Å². The second kappa shape index (κ2) is 8.23. The second-order valence-corrected chi connectivity index (χ2v) is 10.5. The molecule has 164 valence electrons. The predicted molar refractivity (Wildman–Crippen MR) is 124 cm³/mol. The zero-order valence-electron chi connectivity index (χ0n) is 16.8. The zero-order chi connectivity index (χ0) is 22.6. The number of fused-ring (bicyclic) bond motifs is 5. The van der Waals surface area contributed by atoms with Crippen LogP contribution in [0.25, 0.3) is 0 Å². The number of rotatable bonds is 5. The van der Waals surface area contributed by atoms with E-state index >= 15 is 0 Å². The molecule has 2 amide bonds. The molecule has 8 heteroatoms. The molecule has 1 heterocycles. The van der Waals surface area contributed by atoms with Crippen molar-refractivity contribution >= 4 is 61.1 Å². The predicted octanol–water partition coefficient (Wildman–Crippen LogP) is 4.01. The van der Waals surface area contributed by atoms with E-state index in [2.05, 4.69) is 31.9 Å². The average molecular weight is 561 g/mol. The molecule has 0 spiro atoms. The van der Waals surface area contributed by atoms with Crippen molar-refractivity contribution in [2.75, 3.05) is 11.5 Å². The van der Waals surface area contributed by atoms with E-state index in [1.165, 1.54) is 17.0 Å². The van der Waals surface area contributed by atoms with Crippen LogP contribution in [0.15, 0.2) is 54.6 Å². The molecule has 6 nitrogen and oxygen atoms in total. The lowest BCUT2D eigenvalue weighted by molar-refractivity contribution is -0.123. The molecule has 0 N–H and O–H groups in total. The van der Waals surface area contributed by atoms with Crippen molar-refractivity contribution in [3.8, 4) is 0 Å². The van der Waals surface area contributed by atoms with Crippen molar-refractivity contribution in [3.05, 3.63) is 65.7 Å². The van der Waals surface area contributed by atoms with Gasteiger partial charge >= 0.3 is 5.97 Å². The molecule has 0 radical (unpaired) electrons. The number of alkyl halides is 2. The normalized spacial score (nSPS) is 30.5. The molecule has 0 aromatic heterocycles. The molecular weight excluding hydrogens is 542 g/mol. The lowest BCUT2D eigenvalue weighted by Crippen LogP contribution is -2.37. The number of amides is 2. The Bertz CT molecular complexity index is 1090. The molecule has 2 saturated carbocycles. The van der Waals surface area contributed by atoms with Crippen LogP contribution >= 0.6 is 31.9 Å². The highest BCUT2D eigenvalue weighted by molar-refractivity contribution is 9.12. The van der Waals surface area contributed by atoms with Gasteiger partial charge in [-0.3, -0.25) is 19.3 Å². The summed E-state index contributed by atoms with van der Waals surface area (Å²) in [6.45, 7) is -0.387. The van der Waals surface area contributed by atoms with Crippen LogP contribution in [0.4, 0.5) is 5.69 Å². The first-order valence-corrected chi connectivity index (χ1v) is 12.2. The summed E-state index contributed by atoms with van der Waals surface area (Å²) in [6, 6.07) is 14.8. The number of benzene rings is 2. The molecule has 2 aromatic rings. The number of ether oxygens (including phenoxy) is 1. The fourth-order valence-electron chi connectivity index (χ4n) is 5.30. The number of hydrogen-bond acceptors (Lipinski definition) is 5. The molecule has 1 saturated heterocycles. The van der Waals surface area contributed by atoms with Gasteiger partial charge < -0.3 is 4.74 Å². The molecule has 0 unspecified atom stereocenters. The number of halogens is 2. The number of nitrogens with zero attached hydrogens (tertiary/aromatic N) is 1. The number of anilines is 1. The molecule has 32 heavy (non-hydrogen) atoms. The van der Waals surface area contributed by atoms with Crippen molar-refractivity contribution in [2.45, 2.75) is 16.1 Å². The summed E-state index contributed by atoms with van der Waals surface area (Å²) in [6.07, 6.45) is 0.855. The lowest BCUT2D eigenvalue weighted by atomic mass is 9.81. The Morgan fingerprint density at radius 3 is 2.09 bits per heavy atom. The number of carbonyl (C=O) groups is 4. The highest BCUT2D eigenvalue weighted by atomic mass is 79.9. The van der Waals surface area contributed by atoms with Gasteiger partial charge in [-0.15, -0.1) is 0 Å². The number of Topliss-reactive ketones (excluding diaryl/α,β-unsaturated/α-hetero) is 1. The van der Waals surface area contributed by atoms with E-state index in [4.69, 9.17) is 4.74 Å². The Kier molecular flexibility index (Phi) is 5.53. The maximum Gasteiger partial charge on any atom is 0.338 e. The Hall–Kier alpha value is -2.32. The summed E-state index contributed by atoms with van der Waals surface area (Å²) >= 11 is 7.36. The average Bonchev–Trinajstić information content (AvgIpc) is 3.42. The van der Waals surface area contributed by atoms with Gasteiger partial charge in [0.1, 0.15) is 0 Å². The molecule has 1 aliphatic heterocycles. The largest absolute Gasteiger partial charge is 0.454 e. The third kappa shape index (κ3) is 3.35. The van der Waals surface area contributed by atoms with Crippen LogP contribution in [0.3, 0.4) is 0 Å². The van der Waals surface area contributed by atoms with Crippen molar-refractivity contribution < 1.29 is 23.9 Å². The Labute approximate surface area is 201 Å². The van der Waals surface area contributed by atoms with Crippen molar-refractivity contribution in [1.82, 2.24) is 0 Å². The van der Waals surface area contributed by atoms with Crippen LogP contribution < -0.4 is 4.90 Å². The van der Waals surface area contributed by atoms with Gasteiger partial charge in [-0.05, 0) is 36.5 Å². The van der Waals surface area contributed by atoms with Gasteiger partial charge in [0.25, 0.3) is 0 Å². The smallest absolute Gasteiger partial charge is 0.338 e. The fourth-order valence-corrected chi connectivity index (χ4v) is 7.17. The summed E-state index contributed by atoms with van der Waals surface area (Å²) in [4.78, 5) is 52.7. The topological polar surface area (TPSA) is 80.8 Å². The molecule has 2 aromatic carbocycles. The summed E-state index contributed by atoms with van der Waals surface area (Å²) in [7, 11) is 0. The second-order valence-electron chi connectivity index (χ2n) is 8.43. The number of hydrogen-bond donors (Lipinski definition) is 0. The summed E-state index contributed by atoms with van der Waals surface area (Å²) in [5, 5.41) is 0. The standard InChI is InChI=1S/C24H19Br2NO5/c25-20-15-10-16(21(20)26)19-18(15)22(29)27(23(19)30)14-8-4-7-13(9-14)24(31)32-11-17(28)12-5-2-1-3-6-12/h1-9,15-16,18-21H,10-11H2/t15-,16+,18-,19+,20-,21+. The van der Waals surface area contributed by atoms with Gasteiger partial charge in [0, 0.05) is 15.2 Å². The van der Waals surface area contributed by atoms with Crippen LogP contribution in [0, 0.1) is 23.7 Å². The minimum Gasteiger partial charge on any atom is -0.454 e. The third-order valence-corrected chi connectivity index (χ3v) is 9.96. The minimum atomic E-state index is -0.684. The van der Waals surface area contributed by atoms with Gasteiger partial charge in [-0.25, -0.2) is 4.79 Å². The summed E-state index contributed by atoms with van der Waals surface area (Å²) < 4.78 is 5.17. The molecule has 3 fully saturated rings. The van der Waals surface area contributed by atoms with E-state index in [1.54, 1.807) is 42.5 Å². The van der Waals surface area contributed by atoms with E-state index in [0.717, 1.165) is 6.42 Å². The van der Waals surface area contributed by atoms with E-state index < -0.39 is 5.97 Å². The lowest BCUT2D eigenvalue weighted by Gasteiger charge is -2.28. The van der Waals surface area contributed by atoms with E-state index in [0.29, 0.717) is 11.3 Å². The highest BCUT2D eigenvalue weighted by Crippen LogP contribution is 2.60.